The van der Waals surface area contributed by atoms with Gasteiger partial charge >= 0.3 is 5.97 Å². The SMILES string of the molecule is COC(=O)c1ccccc1C(=O)N(CCN(C)C)c1nc2c(F)cc(F)cc2s1.Cl. The van der Waals surface area contributed by atoms with Gasteiger partial charge in [0.1, 0.15) is 11.3 Å². The molecular weight excluding hydrogens is 436 g/mol. The number of carbonyl (C=O) groups is 2. The molecule has 2 aromatic carbocycles. The van der Waals surface area contributed by atoms with Crippen molar-refractivity contribution in [2.45, 2.75) is 0 Å². The fraction of sp³-hybridized carbons (Fsp3) is 0.250. The maximum Gasteiger partial charge on any atom is 0.338 e. The number of hydrogen-bond donors (Lipinski definition) is 0. The average molecular weight is 456 g/mol. The predicted molar refractivity (Wildman–Crippen MR) is 115 cm³/mol. The minimum Gasteiger partial charge on any atom is -0.465 e. The topological polar surface area (TPSA) is 62.7 Å². The van der Waals surface area contributed by atoms with Crippen LogP contribution in [-0.4, -0.2) is 56.1 Å². The van der Waals surface area contributed by atoms with E-state index in [-0.39, 0.29) is 40.7 Å². The number of benzene rings is 2. The number of halogens is 3. The Morgan fingerprint density at radius 2 is 1.77 bits per heavy atom. The molecule has 0 spiro atoms. The number of methoxy groups -OCH3 is 1. The molecule has 1 heterocycles. The molecule has 160 valence electrons. The molecule has 0 saturated heterocycles. The Morgan fingerprint density at radius 3 is 2.40 bits per heavy atom. The zero-order valence-electron chi connectivity index (χ0n) is 16.5. The van der Waals surface area contributed by atoms with Gasteiger partial charge in [-0.05, 0) is 32.3 Å². The van der Waals surface area contributed by atoms with Crippen LogP contribution in [0.25, 0.3) is 10.2 Å². The van der Waals surface area contributed by atoms with Gasteiger partial charge in [-0.3, -0.25) is 9.69 Å². The number of hydrogen-bond acceptors (Lipinski definition) is 6. The molecule has 3 rings (SSSR count). The van der Waals surface area contributed by atoms with Crippen LogP contribution < -0.4 is 4.90 Å². The molecule has 3 aromatic rings. The normalized spacial score (nSPS) is 10.7. The standard InChI is InChI=1S/C20H19F2N3O3S.ClH/c1-24(2)8-9-25(18(26)13-6-4-5-7-14(13)19(27)28-3)20-23-17-15(22)10-12(21)11-16(17)29-20;/h4-7,10-11H,8-9H2,1-3H3;1H. The van der Waals surface area contributed by atoms with Crippen LogP contribution in [0.15, 0.2) is 36.4 Å². The number of aromatic nitrogens is 1. The number of thiazole rings is 1. The first-order valence-corrected chi connectivity index (χ1v) is 9.53. The van der Waals surface area contributed by atoms with E-state index in [0.717, 1.165) is 17.4 Å². The Balaban J connectivity index is 0.00000320. The summed E-state index contributed by atoms with van der Waals surface area (Å²) in [7, 11) is 4.93. The highest BCUT2D eigenvalue weighted by Gasteiger charge is 2.26. The van der Waals surface area contributed by atoms with E-state index in [2.05, 4.69) is 4.98 Å². The fourth-order valence-electron chi connectivity index (χ4n) is 2.75. The van der Waals surface area contributed by atoms with Crippen molar-refractivity contribution < 1.29 is 23.1 Å². The van der Waals surface area contributed by atoms with Crippen molar-refractivity contribution >= 4 is 51.0 Å². The summed E-state index contributed by atoms with van der Waals surface area (Å²) in [4.78, 5) is 32.9. The van der Waals surface area contributed by atoms with Gasteiger partial charge < -0.3 is 9.64 Å². The number of fused-ring (bicyclic) bond motifs is 1. The first-order chi connectivity index (χ1) is 13.8. The van der Waals surface area contributed by atoms with Crippen LogP contribution in [0.3, 0.4) is 0 Å². The van der Waals surface area contributed by atoms with Crippen molar-refractivity contribution in [3.63, 3.8) is 0 Å². The number of amides is 1. The maximum atomic E-state index is 14.1. The lowest BCUT2D eigenvalue weighted by atomic mass is 10.1. The summed E-state index contributed by atoms with van der Waals surface area (Å²) in [5.41, 5.74) is 0.257. The number of esters is 1. The van der Waals surface area contributed by atoms with Crippen molar-refractivity contribution in [2.24, 2.45) is 0 Å². The molecule has 0 aliphatic heterocycles. The van der Waals surface area contributed by atoms with Gasteiger partial charge in [0, 0.05) is 19.2 Å². The molecule has 6 nitrogen and oxygen atoms in total. The first-order valence-electron chi connectivity index (χ1n) is 8.71. The summed E-state index contributed by atoms with van der Waals surface area (Å²) in [6.07, 6.45) is 0. The Morgan fingerprint density at radius 1 is 1.10 bits per heavy atom. The molecule has 0 unspecified atom stereocenters. The van der Waals surface area contributed by atoms with Crippen LogP contribution in [0.2, 0.25) is 0 Å². The summed E-state index contributed by atoms with van der Waals surface area (Å²) < 4.78 is 32.7. The second-order valence-corrected chi connectivity index (χ2v) is 7.54. The number of ether oxygens (including phenoxy) is 1. The van der Waals surface area contributed by atoms with Crippen molar-refractivity contribution in [3.8, 4) is 0 Å². The number of rotatable bonds is 6. The van der Waals surface area contributed by atoms with E-state index < -0.39 is 23.5 Å². The number of likely N-dealkylation sites (N-methyl/N-ethyl adjacent to an activating group) is 1. The van der Waals surface area contributed by atoms with E-state index in [9.17, 15) is 18.4 Å². The van der Waals surface area contributed by atoms with Gasteiger partial charge in [0.05, 0.1) is 22.9 Å². The molecule has 0 aliphatic carbocycles. The summed E-state index contributed by atoms with van der Waals surface area (Å²) in [6.45, 7) is 0.740. The highest BCUT2D eigenvalue weighted by molar-refractivity contribution is 7.22. The highest BCUT2D eigenvalue weighted by atomic mass is 35.5. The fourth-order valence-corrected chi connectivity index (χ4v) is 3.78. The van der Waals surface area contributed by atoms with E-state index in [0.29, 0.717) is 11.2 Å². The molecular formula is C20H20ClF2N3O3S. The molecule has 0 atom stereocenters. The average Bonchev–Trinajstić information content (AvgIpc) is 3.11. The third kappa shape index (κ3) is 4.92. The van der Waals surface area contributed by atoms with E-state index in [1.165, 1.54) is 30.2 Å². The summed E-state index contributed by atoms with van der Waals surface area (Å²) >= 11 is 1.01. The molecule has 30 heavy (non-hydrogen) atoms. The van der Waals surface area contributed by atoms with Crippen LogP contribution in [0.1, 0.15) is 20.7 Å². The predicted octanol–water partition coefficient (Wildman–Crippen LogP) is 3.99. The van der Waals surface area contributed by atoms with Gasteiger partial charge in [0.15, 0.2) is 10.9 Å². The largest absolute Gasteiger partial charge is 0.465 e. The van der Waals surface area contributed by atoms with Gasteiger partial charge in [-0.1, -0.05) is 23.5 Å². The van der Waals surface area contributed by atoms with Gasteiger partial charge in [-0.25, -0.2) is 18.6 Å². The van der Waals surface area contributed by atoms with Crippen LogP contribution in [-0.2, 0) is 4.74 Å². The third-order valence-electron chi connectivity index (χ3n) is 4.21. The number of nitrogens with zero attached hydrogens (tertiary/aromatic N) is 3. The molecule has 0 saturated carbocycles. The van der Waals surface area contributed by atoms with Crippen LogP contribution in [0, 0.1) is 11.6 Å². The van der Waals surface area contributed by atoms with E-state index >= 15 is 0 Å². The molecule has 1 aromatic heterocycles. The minimum atomic E-state index is -0.794. The molecule has 0 radical (unpaired) electrons. The molecule has 1 amide bonds. The van der Waals surface area contributed by atoms with Crippen LogP contribution >= 0.6 is 23.7 Å². The zero-order chi connectivity index (χ0) is 21.1. The Bertz CT molecular complexity index is 1070. The quantitative estimate of drug-likeness (QED) is 0.526. The van der Waals surface area contributed by atoms with Crippen molar-refractivity contribution in [1.29, 1.82) is 0 Å². The van der Waals surface area contributed by atoms with Crippen LogP contribution in [0.5, 0.6) is 0 Å². The molecule has 10 heteroatoms. The van der Waals surface area contributed by atoms with Gasteiger partial charge in [-0.15, -0.1) is 12.4 Å². The molecule has 0 N–H and O–H groups in total. The van der Waals surface area contributed by atoms with E-state index in [4.69, 9.17) is 4.74 Å². The minimum absolute atomic E-state index is 0. The monoisotopic (exact) mass is 455 g/mol. The Kier molecular flexibility index (Phi) is 7.83. The first kappa shape index (κ1) is 23.7. The second-order valence-electron chi connectivity index (χ2n) is 6.53. The Labute approximate surface area is 182 Å². The van der Waals surface area contributed by atoms with Gasteiger partial charge in [0.25, 0.3) is 5.91 Å². The summed E-state index contributed by atoms with van der Waals surface area (Å²) in [5, 5.41) is 0.219. The van der Waals surface area contributed by atoms with Crippen molar-refractivity contribution in [3.05, 3.63) is 59.2 Å². The summed E-state index contributed by atoms with van der Waals surface area (Å²) in [5.74, 6) is -2.63. The van der Waals surface area contributed by atoms with Gasteiger partial charge in [-0.2, -0.15) is 0 Å². The lowest BCUT2D eigenvalue weighted by molar-refractivity contribution is 0.0597. The van der Waals surface area contributed by atoms with Crippen molar-refractivity contribution in [2.75, 3.05) is 39.2 Å². The molecule has 0 bridgehead atoms. The lowest BCUT2D eigenvalue weighted by Gasteiger charge is -2.22. The third-order valence-corrected chi connectivity index (χ3v) is 5.24. The summed E-state index contributed by atoms with van der Waals surface area (Å²) in [6, 6.07) is 8.21. The van der Waals surface area contributed by atoms with E-state index in [1.54, 1.807) is 12.1 Å². The smallest absolute Gasteiger partial charge is 0.338 e. The molecule has 0 fully saturated rings. The van der Waals surface area contributed by atoms with Crippen LogP contribution in [0.4, 0.5) is 13.9 Å². The second kappa shape index (κ2) is 9.92. The lowest BCUT2D eigenvalue weighted by Crippen LogP contribution is -2.37. The maximum absolute atomic E-state index is 14.1. The highest BCUT2D eigenvalue weighted by Crippen LogP contribution is 2.32. The van der Waals surface area contributed by atoms with Gasteiger partial charge in [0.2, 0.25) is 0 Å². The Hall–Kier alpha value is -2.62. The number of carbonyl (C=O) groups excluding carboxylic acids is 2. The number of anilines is 1. The van der Waals surface area contributed by atoms with Crippen molar-refractivity contribution in [1.82, 2.24) is 9.88 Å². The zero-order valence-corrected chi connectivity index (χ0v) is 18.2. The van der Waals surface area contributed by atoms with E-state index in [1.807, 2.05) is 19.0 Å². The molecule has 0 aliphatic rings.